The number of hydrogen-bond donors (Lipinski definition) is 2. The summed E-state index contributed by atoms with van der Waals surface area (Å²) in [7, 11) is 1.57. The Morgan fingerprint density at radius 3 is 2.46 bits per heavy atom. The first-order chi connectivity index (χ1) is 12.5. The van der Waals surface area contributed by atoms with Gasteiger partial charge in [0.15, 0.2) is 0 Å². The van der Waals surface area contributed by atoms with E-state index in [1.165, 1.54) is 0 Å². The molecule has 3 heterocycles. The van der Waals surface area contributed by atoms with E-state index in [1.54, 1.807) is 19.2 Å². The van der Waals surface area contributed by atoms with Crippen molar-refractivity contribution in [2.75, 3.05) is 33.3 Å². The number of likely N-dealkylation sites (tertiary alicyclic amines) is 2. The van der Waals surface area contributed by atoms with Crippen LogP contribution in [0.4, 0.5) is 4.79 Å². The molecule has 138 valence electrons. The van der Waals surface area contributed by atoms with E-state index in [2.05, 4.69) is 15.5 Å². The minimum Gasteiger partial charge on any atom is -0.496 e. The molecule has 0 aromatic heterocycles. The van der Waals surface area contributed by atoms with E-state index in [1.807, 2.05) is 17.0 Å². The number of ether oxygens (including phenoxy) is 1. The number of benzene rings is 1. The summed E-state index contributed by atoms with van der Waals surface area (Å²) in [6, 6.07) is 6.84. The van der Waals surface area contributed by atoms with Gasteiger partial charge in [-0.15, -0.1) is 0 Å². The Morgan fingerprint density at radius 1 is 1.12 bits per heavy atom. The summed E-state index contributed by atoms with van der Waals surface area (Å²) >= 11 is 0. The van der Waals surface area contributed by atoms with Crippen LogP contribution in [0.25, 0.3) is 0 Å². The molecule has 0 saturated carbocycles. The number of carbonyl (C=O) groups excluding carboxylic acids is 3. The van der Waals surface area contributed by atoms with Gasteiger partial charge in [0.2, 0.25) is 5.91 Å². The zero-order valence-electron chi connectivity index (χ0n) is 14.6. The van der Waals surface area contributed by atoms with Crippen LogP contribution in [0.3, 0.4) is 0 Å². The minimum absolute atomic E-state index is 0.00579. The third kappa shape index (κ3) is 3.01. The Bertz CT molecular complexity index is 722. The topological polar surface area (TPSA) is 91.0 Å². The molecule has 3 saturated heterocycles. The standard InChI is InChI=1S/C18H22N4O4/c1-26-14-5-3-2-4-13(14)17(24)22-9-11-7-21(8-12(11)10-22)15-6-16(23)20-18(25)19-15/h2-5,11-12,15H,6-10H2,1H3,(H2,19,20,23,25). The fourth-order valence-corrected chi connectivity index (χ4v) is 4.25. The van der Waals surface area contributed by atoms with E-state index in [-0.39, 0.29) is 24.4 Å². The predicted octanol–water partition coefficient (Wildman–Crippen LogP) is 0.255. The van der Waals surface area contributed by atoms with Crippen molar-refractivity contribution >= 4 is 17.8 Å². The molecule has 0 spiro atoms. The molecule has 1 aromatic carbocycles. The molecule has 0 aliphatic carbocycles. The second-order valence-corrected chi connectivity index (χ2v) is 7.13. The van der Waals surface area contributed by atoms with Crippen molar-refractivity contribution < 1.29 is 19.1 Å². The lowest BCUT2D eigenvalue weighted by Crippen LogP contribution is -2.58. The van der Waals surface area contributed by atoms with E-state index < -0.39 is 6.03 Å². The zero-order valence-corrected chi connectivity index (χ0v) is 14.6. The SMILES string of the molecule is COc1ccccc1C(=O)N1CC2CN(C3CC(=O)NC(=O)N3)CC2C1. The number of fused-ring (bicyclic) bond motifs is 1. The van der Waals surface area contributed by atoms with Crippen LogP contribution in [0.5, 0.6) is 5.75 Å². The quantitative estimate of drug-likeness (QED) is 0.809. The van der Waals surface area contributed by atoms with Crippen molar-refractivity contribution in [2.45, 2.75) is 12.6 Å². The highest BCUT2D eigenvalue weighted by Gasteiger charge is 2.44. The minimum atomic E-state index is -0.434. The molecule has 8 nitrogen and oxygen atoms in total. The van der Waals surface area contributed by atoms with Crippen molar-refractivity contribution in [1.82, 2.24) is 20.4 Å². The number of nitrogens with one attached hydrogen (secondary N) is 2. The maximum absolute atomic E-state index is 12.8. The molecule has 8 heteroatoms. The fourth-order valence-electron chi connectivity index (χ4n) is 4.25. The van der Waals surface area contributed by atoms with Gasteiger partial charge in [-0.05, 0) is 24.0 Å². The van der Waals surface area contributed by atoms with Gasteiger partial charge in [0, 0.05) is 26.2 Å². The van der Waals surface area contributed by atoms with Gasteiger partial charge in [-0.1, -0.05) is 12.1 Å². The van der Waals surface area contributed by atoms with Gasteiger partial charge in [-0.25, -0.2) is 4.79 Å². The van der Waals surface area contributed by atoms with Gasteiger partial charge in [0.1, 0.15) is 5.75 Å². The normalized spacial score (nSPS) is 28.5. The molecule has 4 amide bonds. The summed E-state index contributed by atoms with van der Waals surface area (Å²) in [6.45, 7) is 2.92. The number of methoxy groups -OCH3 is 1. The number of carbonyl (C=O) groups is 3. The van der Waals surface area contributed by atoms with Crippen LogP contribution in [0.1, 0.15) is 16.8 Å². The summed E-state index contributed by atoms with van der Waals surface area (Å²) in [5.74, 6) is 1.05. The molecule has 26 heavy (non-hydrogen) atoms. The number of amides is 4. The van der Waals surface area contributed by atoms with Crippen LogP contribution in [-0.4, -0.2) is 67.1 Å². The Hall–Kier alpha value is -2.61. The zero-order chi connectivity index (χ0) is 18.3. The second-order valence-electron chi connectivity index (χ2n) is 7.13. The van der Waals surface area contributed by atoms with Gasteiger partial charge in [-0.2, -0.15) is 0 Å². The predicted molar refractivity (Wildman–Crippen MR) is 92.5 cm³/mol. The van der Waals surface area contributed by atoms with E-state index in [4.69, 9.17) is 4.74 Å². The average molecular weight is 358 g/mol. The van der Waals surface area contributed by atoms with Crippen LogP contribution in [0.2, 0.25) is 0 Å². The van der Waals surface area contributed by atoms with E-state index in [9.17, 15) is 14.4 Å². The second kappa shape index (κ2) is 6.60. The third-order valence-electron chi connectivity index (χ3n) is 5.51. The fraction of sp³-hybridized carbons (Fsp3) is 0.500. The molecule has 3 atom stereocenters. The highest BCUT2D eigenvalue weighted by molar-refractivity contribution is 5.97. The largest absolute Gasteiger partial charge is 0.496 e. The van der Waals surface area contributed by atoms with Gasteiger partial charge >= 0.3 is 6.03 Å². The number of para-hydroxylation sites is 1. The highest BCUT2D eigenvalue weighted by Crippen LogP contribution is 2.34. The Labute approximate surface area is 151 Å². The molecular weight excluding hydrogens is 336 g/mol. The van der Waals surface area contributed by atoms with Crippen LogP contribution < -0.4 is 15.4 Å². The first-order valence-corrected chi connectivity index (χ1v) is 8.82. The maximum atomic E-state index is 12.8. The van der Waals surface area contributed by atoms with Crippen molar-refractivity contribution in [1.29, 1.82) is 0 Å². The lowest BCUT2D eigenvalue weighted by molar-refractivity contribution is -0.122. The van der Waals surface area contributed by atoms with Gasteiger partial charge in [0.05, 0.1) is 25.3 Å². The highest BCUT2D eigenvalue weighted by atomic mass is 16.5. The van der Waals surface area contributed by atoms with Crippen LogP contribution in [0.15, 0.2) is 24.3 Å². The number of imide groups is 1. The summed E-state index contributed by atoms with van der Waals surface area (Å²) in [5, 5.41) is 5.06. The number of urea groups is 1. The van der Waals surface area contributed by atoms with Gasteiger partial charge < -0.3 is 15.0 Å². The monoisotopic (exact) mass is 358 g/mol. The van der Waals surface area contributed by atoms with Crippen LogP contribution >= 0.6 is 0 Å². The summed E-state index contributed by atoms with van der Waals surface area (Å²) in [6.07, 6.45) is 0.0231. The van der Waals surface area contributed by atoms with Gasteiger partial charge in [-0.3, -0.25) is 19.8 Å². The molecule has 4 rings (SSSR count). The van der Waals surface area contributed by atoms with Gasteiger partial charge in [0.25, 0.3) is 5.91 Å². The molecule has 1 aromatic rings. The molecule has 3 aliphatic heterocycles. The Morgan fingerprint density at radius 2 is 1.81 bits per heavy atom. The first kappa shape index (κ1) is 16.8. The first-order valence-electron chi connectivity index (χ1n) is 8.82. The molecule has 0 radical (unpaired) electrons. The molecular formula is C18H22N4O4. The van der Waals surface area contributed by atoms with Crippen molar-refractivity contribution in [2.24, 2.45) is 11.8 Å². The molecule has 3 fully saturated rings. The van der Waals surface area contributed by atoms with Crippen molar-refractivity contribution in [3.8, 4) is 5.75 Å². The number of hydrogen-bond acceptors (Lipinski definition) is 5. The lowest BCUT2D eigenvalue weighted by Gasteiger charge is -2.32. The maximum Gasteiger partial charge on any atom is 0.322 e. The average Bonchev–Trinajstić information content (AvgIpc) is 3.19. The summed E-state index contributed by atoms with van der Waals surface area (Å²) in [4.78, 5) is 40.0. The summed E-state index contributed by atoms with van der Waals surface area (Å²) in [5.41, 5.74) is 0.586. The Balaban J connectivity index is 1.40. The molecule has 2 N–H and O–H groups in total. The number of nitrogens with zero attached hydrogens (tertiary/aromatic N) is 2. The smallest absolute Gasteiger partial charge is 0.322 e. The summed E-state index contributed by atoms with van der Waals surface area (Å²) < 4.78 is 5.30. The number of rotatable bonds is 3. The van der Waals surface area contributed by atoms with Crippen LogP contribution in [0, 0.1) is 11.8 Å². The van der Waals surface area contributed by atoms with E-state index in [0.29, 0.717) is 36.2 Å². The molecule has 3 unspecified atom stereocenters. The van der Waals surface area contributed by atoms with Crippen molar-refractivity contribution in [3.05, 3.63) is 29.8 Å². The molecule has 3 aliphatic rings. The van der Waals surface area contributed by atoms with E-state index in [0.717, 1.165) is 13.1 Å². The van der Waals surface area contributed by atoms with Crippen LogP contribution in [-0.2, 0) is 4.79 Å². The van der Waals surface area contributed by atoms with E-state index >= 15 is 0 Å². The Kier molecular flexibility index (Phi) is 4.28. The molecule has 0 bridgehead atoms. The third-order valence-corrected chi connectivity index (χ3v) is 5.51. The van der Waals surface area contributed by atoms with Crippen molar-refractivity contribution in [3.63, 3.8) is 0 Å². The lowest BCUT2D eigenvalue weighted by atomic mass is 10.0.